The maximum Gasteiger partial charge on any atom is 0.317 e. The summed E-state index contributed by atoms with van der Waals surface area (Å²) in [6.07, 6.45) is 2.03. The van der Waals surface area contributed by atoms with Gasteiger partial charge in [0, 0.05) is 24.5 Å². The number of amides is 2. The third kappa shape index (κ3) is 4.58. The number of hydrogen-bond donors (Lipinski definition) is 2. The first-order valence-electron chi connectivity index (χ1n) is 5.97. The van der Waals surface area contributed by atoms with Crippen LogP contribution in [0.15, 0.2) is 29.2 Å². The van der Waals surface area contributed by atoms with E-state index in [0.29, 0.717) is 19.6 Å². The Labute approximate surface area is 112 Å². The molecule has 0 atom stereocenters. The largest absolute Gasteiger partial charge is 0.395 e. The van der Waals surface area contributed by atoms with Crippen molar-refractivity contribution in [3.8, 4) is 0 Å². The van der Waals surface area contributed by atoms with Gasteiger partial charge in [0.2, 0.25) is 0 Å². The van der Waals surface area contributed by atoms with Crippen molar-refractivity contribution in [3.63, 3.8) is 0 Å². The van der Waals surface area contributed by atoms with E-state index in [2.05, 4.69) is 5.32 Å². The Balaban J connectivity index is 2.45. The second kappa shape index (κ2) is 8.00. The fourth-order valence-electron chi connectivity index (χ4n) is 1.56. The first kappa shape index (κ1) is 14.9. The highest BCUT2D eigenvalue weighted by atomic mass is 32.2. The topological polar surface area (TPSA) is 52.6 Å². The number of nitrogens with one attached hydrogen (secondary N) is 1. The molecule has 5 heteroatoms. The molecule has 0 saturated heterocycles. The quantitative estimate of drug-likeness (QED) is 0.775. The number of likely N-dealkylation sites (N-methyl/N-ethyl adjacent to an activating group) is 1. The first-order chi connectivity index (χ1) is 8.71. The van der Waals surface area contributed by atoms with Gasteiger partial charge in [0.1, 0.15) is 0 Å². The normalized spacial score (nSPS) is 10.2. The van der Waals surface area contributed by atoms with Gasteiger partial charge in [0.25, 0.3) is 0 Å². The molecule has 0 saturated carbocycles. The maximum atomic E-state index is 11.8. The van der Waals surface area contributed by atoms with E-state index in [0.717, 1.165) is 5.56 Å². The van der Waals surface area contributed by atoms with Crippen LogP contribution in [0.3, 0.4) is 0 Å². The molecule has 0 fully saturated rings. The molecule has 0 radical (unpaired) electrons. The summed E-state index contributed by atoms with van der Waals surface area (Å²) in [5.41, 5.74) is 1.07. The summed E-state index contributed by atoms with van der Waals surface area (Å²) in [7, 11) is 0. The number of benzene rings is 1. The molecule has 0 unspecified atom stereocenters. The van der Waals surface area contributed by atoms with Crippen molar-refractivity contribution in [2.75, 3.05) is 26.0 Å². The Morgan fingerprint density at radius 2 is 2.06 bits per heavy atom. The van der Waals surface area contributed by atoms with Crippen LogP contribution in [-0.2, 0) is 6.54 Å². The Morgan fingerprint density at radius 3 is 2.56 bits per heavy atom. The van der Waals surface area contributed by atoms with Gasteiger partial charge < -0.3 is 15.3 Å². The average molecular weight is 268 g/mol. The number of rotatable bonds is 6. The number of aliphatic hydroxyl groups excluding tert-OH is 1. The lowest BCUT2D eigenvalue weighted by molar-refractivity contribution is 0.180. The molecule has 1 aromatic carbocycles. The zero-order chi connectivity index (χ0) is 13.4. The van der Waals surface area contributed by atoms with Gasteiger partial charge in [-0.2, -0.15) is 0 Å². The van der Waals surface area contributed by atoms with Crippen LogP contribution in [0.4, 0.5) is 4.79 Å². The van der Waals surface area contributed by atoms with Gasteiger partial charge in [-0.1, -0.05) is 12.1 Å². The second-order valence-corrected chi connectivity index (χ2v) is 4.69. The van der Waals surface area contributed by atoms with Crippen LogP contribution in [-0.4, -0.2) is 42.0 Å². The van der Waals surface area contributed by atoms with Crippen LogP contribution < -0.4 is 5.32 Å². The maximum absolute atomic E-state index is 11.8. The molecule has 0 aliphatic heterocycles. The molecule has 1 rings (SSSR count). The fourth-order valence-corrected chi connectivity index (χ4v) is 1.97. The Bertz CT molecular complexity index is 368. The van der Waals surface area contributed by atoms with Crippen molar-refractivity contribution in [1.29, 1.82) is 0 Å². The Morgan fingerprint density at radius 1 is 1.39 bits per heavy atom. The summed E-state index contributed by atoms with van der Waals surface area (Å²) < 4.78 is 0. The highest BCUT2D eigenvalue weighted by Crippen LogP contribution is 2.14. The van der Waals surface area contributed by atoms with E-state index in [1.807, 2.05) is 37.4 Å². The lowest BCUT2D eigenvalue weighted by Crippen LogP contribution is -2.40. The van der Waals surface area contributed by atoms with Crippen molar-refractivity contribution in [1.82, 2.24) is 10.2 Å². The van der Waals surface area contributed by atoms with E-state index in [4.69, 9.17) is 5.11 Å². The van der Waals surface area contributed by atoms with Crippen LogP contribution in [0, 0.1) is 0 Å². The van der Waals surface area contributed by atoms with Crippen LogP contribution in [0.1, 0.15) is 12.5 Å². The minimum absolute atomic E-state index is 0.0102. The third-order valence-electron chi connectivity index (χ3n) is 2.64. The predicted molar refractivity (Wildman–Crippen MR) is 74.8 cm³/mol. The Kier molecular flexibility index (Phi) is 6.60. The highest BCUT2D eigenvalue weighted by molar-refractivity contribution is 7.98. The average Bonchev–Trinajstić information content (AvgIpc) is 2.42. The van der Waals surface area contributed by atoms with Crippen molar-refractivity contribution < 1.29 is 9.90 Å². The number of hydrogen-bond acceptors (Lipinski definition) is 3. The molecular formula is C13H20N2O2S. The number of aliphatic hydroxyl groups is 1. The van der Waals surface area contributed by atoms with Gasteiger partial charge in [-0.25, -0.2) is 4.79 Å². The molecule has 0 spiro atoms. The molecule has 18 heavy (non-hydrogen) atoms. The minimum atomic E-state index is -0.138. The smallest absolute Gasteiger partial charge is 0.317 e. The van der Waals surface area contributed by atoms with Crippen LogP contribution >= 0.6 is 11.8 Å². The van der Waals surface area contributed by atoms with Gasteiger partial charge in [-0.05, 0) is 30.9 Å². The molecule has 2 amide bonds. The molecule has 2 N–H and O–H groups in total. The zero-order valence-electron chi connectivity index (χ0n) is 10.8. The summed E-state index contributed by atoms with van der Waals surface area (Å²) in [6.45, 7) is 3.35. The molecular weight excluding hydrogens is 248 g/mol. The molecule has 0 aliphatic rings. The lowest BCUT2D eigenvalue weighted by atomic mass is 10.2. The van der Waals surface area contributed by atoms with E-state index in [1.54, 1.807) is 16.7 Å². The molecule has 0 aromatic heterocycles. The number of carbonyl (C=O) groups excluding carboxylic acids is 1. The molecule has 4 nitrogen and oxygen atoms in total. The summed E-state index contributed by atoms with van der Waals surface area (Å²) in [4.78, 5) is 14.5. The van der Waals surface area contributed by atoms with Crippen molar-refractivity contribution in [3.05, 3.63) is 29.8 Å². The van der Waals surface area contributed by atoms with Crippen LogP contribution in [0.5, 0.6) is 0 Å². The molecule has 0 aliphatic carbocycles. The van der Waals surface area contributed by atoms with Crippen molar-refractivity contribution in [2.24, 2.45) is 0 Å². The monoisotopic (exact) mass is 268 g/mol. The van der Waals surface area contributed by atoms with Crippen molar-refractivity contribution >= 4 is 17.8 Å². The van der Waals surface area contributed by atoms with Crippen molar-refractivity contribution in [2.45, 2.75) is 18.4 Å². The van der Waals surface area contributed by atoms with E-state index in [1.165, 1.54) is 4.90 Å². The zero-order valence-corrected chi connectivity index (χ0v) is 11.7. The number of thioether (sulfide) groups is 1. The van der Waals surface area contributed by atoms with E-state index in [-0.39, 0.29) is 12.6 Å². The summed E-state index contributed by atoms with van der Waals surface area (Å²) >= 11 is 1.69. The van der Waals surface area contributed by atoms with Gasteiger partial charge in [-0.3, -0.25) is 0 Å². The highest BCUT2D eigenvalue weighted by Gasteiger charge is 2.09. The van der Waals surface area contributed by atoms with E-state index in [9.17, 15) is 4.79 Å². The first-order valence-corrected chi connectivity index (χ1v) is 7.20. The summed E-state index contributed by atoms with van der Waals surface area (Å²) in [6, 6.07) is 7.96. The predicted octanol–water partition coefficient (Wildman–Crippen LogP) is 1.93. The number of carbonyl (C=O) groups is 1. The SMILES string of the molecule is CCN(CCO)C(=O)NCc1ccc(SC)cc1. The Hall–Kier alpha value is -1.20. The van der Waals surface area contributed by atoms with Gasteiger partial charge in [-0.15, -0.1) is 11.8 Å². The third-order valence-corrected chi connectivity index (χ3v) is 3.39. The molecule has 0 heterocycles. The number of urea groups is 1. The van der Waals surface area contributed by atoms with E-state index < -0.39 is 0 Å². The number of nitrogens with zero attached hydrogens (tertiary/aromatic N) is 1. The second-order valence-electron chi connectivity index (χ2n) is 3.81. The summed E-state index contributed by atoms with van der Waals surface area (Å²) in [5, 5.41) is 11.7. The molecule has 1 aromatic rings. The van der Waals surface area contributed by atoms with Crippen LogP contribution in [0.25, 0.3) is 0 Å². The van der Waals surface area contributed by atoms with Gasteiger partial charge >= 0.3 is 6.03 Å². The van der Waals surface area contributed by atoms with Crippen LogP contribution in [0.2, 0.25) is 0 Å². The van der Waals surface area contributed by atoms with E-state index >= 15 is 0 Å². The summed E-state index contributed by atoms with van der Waals surface area (Å²) in [5.74, 6) is 0. The molecule has 0 bridgehead atoms. The minimum Gasteiger partial charge on any atom is -0.395 e. The lowest BCUT2D eigenvalue weighted by Gasteiger charge is -2.20. The van der Waals surface area contributed by atoms with Gasteiger partial charge in [0.05, 0.1) is 6.61 Å². The fraction of sp³-hybridized carbons (Fsp3) is 0.462. The molecule has 100 valence electrons. The van der Waals surface area contributed by atoms with Gasteiger partial charge in [0.15, 0.2) is 0 Å². The standard InChI is InChI=1S/C13H20N2O2S/c1-3-15(8-9-16)13(17)14-10-11-4-6-12(18-2)7-5-11/h4-7,16H,3,8-10H2,1-2H3,(H,14,17).